The first-order valence-corrected chi connectivity index (χ1v) is 8.48. The Balaban J connectivity index is 1.75. The standard InChI is InChI=1S/C20H24N2O3/c1-14-8-9-15-6-4-5-7-18(15)22(14)13-20(23)21-17-11-10-16(24-2)12-19(17)25-3/h4-7,10-12,14H,8-9,13H2,1-3H3,(H,21,23)/t14-/m0/s1. The zero-order valence-corrected chi connectivity index (χ0v) is 14.9. The van der Waals surface area contributed by atoms with Crippen LogP contribution in [-0.4, -0.2) is 32.7 Å². The van der Waals surface area contributed by atoms with Gasteiger partial charge in [0.2, 0.25) is 5.91 Å². The van der Waals surface area contributed by atoms with E-state index in [2.05, 4.69) is 35.3 Å². The molecule has 0 aromatic heterocycles. The number of fused-ring (bicyclic) bond motifs is 1. The number of methoxy groups -OCH3 is 2. The number of hydrogen-bond acceptors (Lipinski definition) is 4. The number of carbonyl (C=O) groups excluding carboxylic acids is 1. The van der Waals surface area contributed by atoms with Crippen LogP contribution in [0.2, 0.25) is 0 Å². The fourth-order valence-corrected chi connectivity index (χ4v) is 3.25. The first-order chi connectivity index (χ1) is 12.1. The van der Waals surface area contributed by atoms with E-state index in [0.717, 1.165) is 18.5 Å². The van der Waals surface area contributed by atoms with Crippen molar-refractivity contribution in [2.75, 3.05) is 31.0 Å². The smallest absolute Gasteiger partial charge is 0.244 e. The van der Waals surface area contributed by atoms with E-state index in [-0.39, 0.29) is 5.91 Å². The predicted octanol–water partition coefficient (Wildman–Crippen LogP) is 3.48. The molecule has 1 aliphatic rings. The van der Waals surface area contributed by atoms with Gasteiger partial charge in [-0.2, -0.15) is 0 Å². The number of amides is 1. The summed E-state index contributed by atoms with van der Waals surface area (Å²) in [5, 5.41) is 2.95. The number of carbonyl (C=O) groups is 1. The summed E-state index contributed by atoms with van der Waals surface area (Å²) in [5.41, 5.74) is 3.10. The van der Waals surface area contributed by atoms with Crippen LogP contribution >= 0.6 is 0 Å². The molecule has 0 saturated heterocycles. The van der Waals surface area contributed by atoms with Crippen LogP contribution in [-0.2, 0) is 11.2 Å². The van der Waals surface area contributed by atoms with Gasteiger partial charge in [0.25, 0.3) is 0 Å². The highest BCUT2D eigenvalue weighted by molar-refractivity contribution is 5.95. The predicted molar refractivity (Wildman–Crippen MR) is 99.7 cm³/mol. The van der Waals surface area contributed by atoms with Crippen molar-refractivity contribution < 1.29 is 14.3 Å². The van der Waals surface area contributed by atoms with Crippen molar-refractivity contribution in [1.29, 1.82) is 0 Å². The van der Waals surface area contributed by atoms with Crippen LogP contribution in [0.25, 0.3) is 0 Å². The third-order valence-electron chi connectivity index (χ3n) is 4.66. The highest BCUT2D eigenvalue weighted by Crippen LogP contribution is 2.31. The van der Waals surface area contributed by atoms with Crippen LogP contribution in [0.4, 0.5) is 11.4 Å². The summed E-state index contributed by atoms with van der Waals surface area (Å²) in [6, 6.07) is 14.0. The molecule has 5 nitrogen and oxygen atoms in total. The van der Waals surface area contributed by atoms with Crippen molar-refractivity contribution in [3.8, 4) is 11.5 Å². The molecule has 0 saturated carbocycles. The minimum absolute atomic E-state index is 0.0629. The number of benzene rings is 2. The van der Waals surface area contributed by atoms with Gasteiger partial charge in [-0.15, -0.1) is 0 Å². The van der Waals surface area contributed by atoms with Gasteiger partial charge in [0.05, 0.1) is 26.5 Å². The maximum Gasteiger partial charge on any atom is 0.244 e. The molecule has 2 aromatic carbocycles. The third-order valence-corrected chi connectivity index (χ3v) is 4.66. The van der Waals surface area contributed by atoms with Gasteiger partial charge in [0, 0.05) is 17.8 Å². The molecule has 25 heavy (non-hydrogen) atoms. The maximum absolute atomic E-state index is 12.6. The largest absolute Gasteiger partial charge is 0.497 e. The Morgan fingerprint density at radius 3 is 2.76 bits per heavy atom. The van der Waals surface area contributed by atoms with E-state index in [1.54, 1.807) is 32.4 Å². The highest BCUT2D eigenvalue weighted by atomic mass is 16.5. The van der Waals surface area contributed by atoms with Gasteiger partial charge in [-0.3, -0.25) is 4.79 Å². The van der Waals surface area contributed by atoms with Crippen molar-refractivity contribution in [3.63, 3.8) is 0 Å². The van der Waals surface area contributed by atoms with Gasteiger partial charge < -0.3 is 19.7 Å². The first-order valence-electron chi connectivity index (χ1n) is 8.48. The van der Waals surface area contributed by atoms with Crippen LogP contribution in [0.5, 0.6) is 11.5 Å². The summed E-state index contributed by atoms with van der Waals surface area (Å²) in [6.45, 7) is 2.48. The fourth-order valence-electron chi connectivity index (χ4n) is 3.25. The summed E-state index contributed by atoms with van der Waals surface area (Å²) in [5.74, 6) is 1.21. The minimum Gasteiger partial charge on any atom is -0.497 e. The monoisotopic (exact) mass is 340 g/mol. The van der Waals surface area contributed by atoms with Crippen molar-refractivity contribution in [2.24, 2.45) is 0 Å². The molecule has 3 rings (SSSR count). The molecule has 1 N–H and O–H groups in total. The average Bonchev–Trinajstić information content (AvgIpc) is 2.64. The molecule has 0 fully saturated rings. The summed E-state index contributed by atoms with van der Waals surface area (Å²) in [4.78, 5) is 14.8. The molecule has 0 spiro atoms. The van der Waals surface area contributed by atoms with Crippen molar-refractivity contribution >= 4 is 17.3 Å². The van der Waals surface area contributed by atoms with Gasteiger partial charge in [-0.1, -0.05) is 18.2 Å². The van der Waals surface area contributed by atoms with Crippen LogP contribution in [0, 0.1) is 0 Å². The second kappa shape index (κ2) is 7.47. The lowest BCUT2D eigenvalue weighted by atomic mass is 9.96. The van der Waals surface area contributed by atoms with E-state index in [9.17, 15) is 4.79 Å². The molecular weight excluding hydrogens is 316 g/mol. The van der Waals surface area contributed by atoms with E-state index in [1.165, 1.54) is 5.56 Å². The molecule has 5 heteroatoms. The van der Waals surface area contributed by atoms with Crippen molar-refractivity contribution in [1.82, 2.24) is 0 Å². The van der Waals surface area contributed by atoms with Gasteiger partial charge in [0.15, 0.2) is 0 Å². The molecule has 0 bridgehead atoms. The van der Waals surface area contributed by atoms with Gasteiger partial charge in [0.1, 0.15) is 11.5 Å². The molecule has 0 radical (unpaired) electrons. The molecule has 1 aliphatic heterocycles. The average molecular weight is 340 g/mol. The Hall–Kier alpha value is -2.69. The summed E-state index contributed by atoms with van der Waals surface area (Å²) in [7, 11) is 3.18. The topological polar surface area (TPSA) is 50.8 Å². The second-order valence-corrected chi connectivity index (χ2v) is 6.26. The lowest BCUT2D eigenvalue weighted by Crippen LogP contribution is -2.42. The number of para-hydroxylation sites is 1. The number of nitrogens with one attached hydrogen (secondary N) is 1. The van der Waals surface area contributed by atoms with Crippen LogP contribution in [0.15, 0.2) is 42.5 Å². The zero-order chi connectivity index (χ0) is 17.8. The molecule has 1 heterocycles. The Kier molecular flexibility index (Phi) is 5.12. The lowest BCUT2D eigenvalue weighted by Gasteiger charge is -2.36. The van der Waals surface area contributed by atoms with E-state index in [4.69, 9.17) is 9.47 Å². The number of aryl methyl sites for hydroxylation is 1. The number of hydrogen-bond donors (Lipinski definition) is 1. The van der Waals surface area contributed by atoms with E-state index >= 15 is 0 Å². The van der Waals surface area contributed by atoms with Gasteiger partial charge >= 0.3 is 0 Å². The maximum atomic E-state index is 12.6. The first kappa shape index (κ1) is 17.1. The number of rotatable bonds is 5. The molecule has 2 aromatic rings. The summed E-state index contributed by atoms with van der Waals surface area (Å²) >= 11 is 0. The number of anilines is 2. The number of nitrogens with zero attached hydrogens (tertiary/aromatic N) is 1. The van der Waals surface area contributed by atoms with Crippen LogP contribution in [0.1, 0.15) is 18.9 Å². The molecule has 1 atom stereocenters. The quantitative estimate of drug-likeness (QED) is 0.905. The molecule has 132 valence electrons. The third kappa shape index (κ3) is 3.71. The van der Waals surface area contributed by atoms with Crippen LogP contribution < -0.4 is 19.7 Å². The minimum atomic E-state index is -0.0629. The van der Waals surface area contributed by atoms with E-state index in [0.29, 0.717) is 29.8 Å². The van der Waals surface area contributed by atoms with Crippen molar-refractivity contribution in [2.45, 2.75) is 25.8 Å². The van der Waals surface area contributed by atoms with E-state index < -0.39 is 0 Å². The van der Waals surface area contributed by atoms with Crippen molar-refractivity contribution in [3.05, 3.63) is 48.0 Å². The zero-order valence-electron chi connectivity index (χ0n) is 14.9. The van der Waals surface area contributed by atoms with Gasteiger partial charge in [-0.05, 0) is 43.5 Å². The number of ether oxygens (including phenoxy) is 2. The molecule has 0 aliphatic carbocycles. The molecular formula is C20H24N2O3. The molecule has 0 unspecified atom stereocenters. The summed E-state index contributed by atoms with van der Waals surface area (Å²) < 4.78 is 10.5. The van der Waals surface area contributed by atoms with Crippen LogP contribution in [0.3, 0.4) is 0 Å². The Morgan fingerprint density at radius 2 is 2.00 bits per heavy atom. The molecule has 1 amide bonds. The Morgan fingerprint density at radius 1 is 1.20 bits per heavy atom. The lowest BCUT2D eigenvalue weighted by molar-refractivity contribution is -0.115. The highest BCUT2D eigenvalue weighted by Gasteiger charge is 2.24. The Labute approximate surface area is 148 Å². The Bertz CT molecular complexity index is 760. The van der Waals surface area contributed by atoms with E-state index in [1.807, 2.05) is 6.07 Å². The SMILES string of the molecule is COc1ccc(NC(=O)CN2c3ccccc3CC[C@@H]2C)c(OC)c1. The van der Waals surface area contributed by atoms with Gasteiger partial charge in [-0.25, -0.2) is 0 Å². The summed E-state index contributed by atoms with van der Waals surface area (Å²) in [6.07, 6.45) is 2.11. The normalized spacial score (nSPS) is 16.1. The second-order valence-electron chi connectivity index (χ2n) is 6.26. The fraction of sp³-hybridized carbons (Fsp3) is 0.350.